The van der Waals surface area contributed by atoms with Crippen LogP contribution in [0.15, 0.2) is 341 Å². The molecular formula is C124H72N16. The Morgan fingerprint density at radius 3 is 0.907 bits per heavy atom. The fourth-order valence-corrected chi connectivity index (χ4v) is 25.9. The van der Waals surface area contributed by atoms with E-state index in [0.29, 0.717) is 0 Å². The van der Waals surface area contributed by atoms with Gasteiger partial charge in [-0.1, -0.05) is 140 Å². The molecule has 16 aromatic heterocycles. The minimum atomic E-state index is 0.774. The van der Waals surface area contributed by atoms with Gasteiger partial charge in [0, 0.05) is 117 Å². The molecule has 0 amide bonds. The molecule has 0 atom stereocenters. The molecule has 0 N–H and O–H groups in total. The van der Waals surface area contributed by atoms with E-state index in [-0.39, 0.29) is 0 Å². The number of aromatic nitrogens is 16. The van der Waals surface area contributed by atoms with Gasteiger partial charge < -0.3 is 0 Å². The third-order valence-electron chi connectivity index (χ3n) is 31.8. The quantitative estimate of drug-likeness (QED) is 0.132. The maximum Gasteiger partial charge on any atom is 0.178 e. The highest BCUT2D eigenvalue weighted by molar-refractivity contribution is 6.20. The summed E-state index contributed by atoms with van der Waals surface area (Å²) in [6.45, 7) is 0. The van der Waals surface area contributed by atoms with Crippen LogP contribution in [-0.2, 0) is 51.4 Å². The molecule has 12 aromatic carbocycles. The zero-order valence-corrected chi connectivity index (χ0v) is 75.1. The van der Waals surface area contributed by atoms with Crippen molar-refractivity contribution >= 4 is 154 Å². The zero-order valence-electron chi connectivity index (χ0n) is 75.1. The van der Waals surface area contributed by atoms with E-state index in [1.807, 2.05) is 98.6 Å². The molecule has 0 saturated carbocycles. The number of fused-ring (bicyclic) bond motifs is 59. The molecule has 0 saturated heterocycles. The Morgan fingerprint density at radius 2 is 0.450 bits per heavy atom. The lowest BCUT2D eigenvalue weighted by molar-refractivity contribution is 1.16. The predicted octanol–water partition coefficient (Wildman–Crippen LogP) is 26.9. The van der Waals surface area contributed by atoms with Crippen LogP contribution in [0.2, 0.25) is 0 Å². The van der Waals surface area contributed by atoms with E-state index in [1.54, 1.807) is 0 Å². The number of pyridine rings is 12. The molecule has 140 heavy (non-hydrogen) atoms. The largest absolute Gasteiger partial charge is 0.290 e. The number of rotatable bonds is 0. The van der Waals surface area contributed by atoms with Crippen LogP contribution in [0, 0.1) is 0 Å². The highest BCUT2D eigenvalue weighted by Gasteiger charge is 2.36. The van der Waals surface area contributed by atoms with Gasteiger partial charge in [-0.15, -0.1) is 0 Å². The molecule has 16 heterocycles. The van der Waals surface area contributed by atoms with E-state index in [2.05, 4.69) is 300 Å². The lowest BCUT2D eigenvalue weighted by atomic mass is 9.92. The van der Waals surface area contributed by atoms with Crippen LogP contribution in [0.4, 0.5) is 0 Å². The topological polar surface area (TPSA) is 172 Å². The van der Waals surface area contributed by atoms with Crippen LogP contribution in [0.25, 0.3) is 243 Å². The Bertz CT molecular complexity index is 10700. The van der Waals surface area contributed by atoms with Crippen molar-refractivity contribution in [3.05, 3.63) is 430 Å². The molecule has 0 aliphatic heterocycles. The molecule has 16 heteroatoms. The van der Waals surface area contributed by atoms with E-state index >= 15 is 0 Å². The summed E-state index contributed by atoms with van der Waals surface area (Å²) in [7, 11) is 0. The van der Waals surface area contributed by atoms with E-state index < -0.39 is 0 Å². The monoisotopic (exact) mass is 1780 g/mol. The van der Waals surface area contributed by atoms with Crippen LogP contribution in [0.5, 0.6) is 0 Å². The van der Waals surface area contributed by atoms with Gasteiger partial charge in [0.05, 0.1) is 44.1 Å². The minimum absolute atomic E-state index is 0.774. The average molecular weight is 1790 g/mol. The van der Waals surface area contributed by atoms with Gasteiger partial charge in [0.2, 0.25) is 0 Å². The van der Waals surface area contributed by atoms with Crippen LogP contribution < -0.4 is 0 Å². The molecule has 0 bridgehead atoms. The van der Waals surface area contributed by atoms with E-state index in [1.165, 1.54) is 200 Å². The van der Waals surface area contributed by atoms with Crippen LogP contribution in [0.1, 0.15) is 89.0 Å². The Labute approximate surface area is 796 Å². The summed E-state index contributed by atoms with van der Waals surface area (Å²) < 4.78 is 8.96. The molecule has 648 valence electrons. The fraction of sp³-hybridized carbons (Fsp3) is 0.0645. The van der Waals surface area contributed by atoms with E-state index in [9.17, 15) is 0 Å². The zero-order chi connectivity index (χ0) is 90.7. The van der Waals surface area contributed by atoms with Crippen molar-refractivity contribution in [2.24, 2.45) is 0 Å². The minimum Gasteiger partial charge on any atom is -0.290 e. The van der Waals surface area contributed by atoms with Crippen molar-refractivity contribution in [3.8, 4) is 89.0 Å². The van der Waals surface area contributed by atoms with E-state index in [0.717, 1.165) is 184 Å². The van der Waals surface area contributed by atoms with Gasteiger partial charge in [-0.05, 0) is 378 Å². The van der Waals surface area contributed by atoms with Gasteiger partial charge >= 0.3 is 0 Å². The lowest BCUT2D eigenvalue weighted by Gasteiger charge is -2.13. The van der Waals surface area contributed by atoms with Crippen LogP contribution in [0.3, 0.4) is 0 Å². The molecule has 36 rings (SSSR count). The van der Waals surface area contributed by atoms with E-state index in [4.69, 9.17) is 19.9 Å². The summed E-state index contributed by atoms with van der Waals surface area (Å²) in [6.07, 6.45) is 30.6. The highest BCUT2D eigenvalue weighted by Crippen LogP contribution is 2.56. The van der Waals surface area contributed by atoms with Crippen molar-refractivity contribution in [2.45, 2.75) is 51.4 Å². The van der Waals surface area contributed by atoms with Gasteiger partial charge in [0.1, 0.15) is 22.6 Å². The predicted molar refractivity (Wildman–Crippen MR) is 559 cm³/mol. The molecule has 0 radical (unpaired) electrons. The summed E-state index contributed by atoms with van der Waals surface area (Å²) in [5.74, 6) is 0. The molecule has 8 aliphatic carbocycles. The van der Waals surface area contributed by atoms with Gasteiger partial charge in [0.15, 0.2) is 22.6 Å². The number of imidazole rings is 4. The lowest BCUT2D eigenvalue weighted by Crippen LogP contribution is -1.94. The maximum atomic E-state index is 4.99. The number of nitrogens with zero attached hydrogens (tertiary/aromatic N) is 16. The number of hydrogen-bond donors (Lipinski definition) is 0. The van der Waals surface area contributed by atoms with Crippen molar-refractivity contribution in [3.63, 3.8) is 0 Å². The first-order valence-corrected chi connectivity index (χ1v) is 48.2. The number of hydrogen-bond acceptors (Lipinski definition) is 12. The molecule has 8 aliphatic rings. The first-order chi connectivity index (χ1) is 69.4. The maximum absolute atomic E-state index is 4.99. The first kappa shape index (κ1) is 75.1. The van der Waals surface area contributed by atoms with Gasteiger partial charge in [-0.2, -0.15) is 0 Å². The summed E-state index contributed by atoms with van der Waals surface area (Å²) in [4.78, 5) is 56.1. The third-order valence-corrected chi connectivity index (χ3v) is 31.8. The van der Waals surface area contributed by atoms with Crippen molar-refractivity contribution in [1.82, 2.24) is 77.4 Å². The highest BCUT2D eigenvalue weighted by atomic mass is 15.1. The van der Waals surface area contributed by atoms with Crippen molar-refractivity contribution in [1.29, 1.82) is 0 Å². The summed E-state index contributed by atoms with van der Waals surface area (Å²) in [6, 6.07) is 97.9. The summed E-state index contributed by atoms with van der Waals surface area (Å²) >= 11 is 0. The molecular weight excluding hydrogens is 1710 g/mol. The SMILES string of the molecule is c1ccc2c(c1)Cc1c-2ccc2c1-c1cc3c4cnccc4n4c5cccnc5nc4c3cc1C2.c1ccc2c(c1)Cc1c-2ccc2c1Cc1cc3c(cc1-2)c1cnccc1n1c2cccnc2nc31.c1ccc2c(c1)Cc1cc3c(cc1-2)-c1cc2c4cnccc4n4c5cccnc5nc4c2cc1C3.c1ccc2c(c1)Cc1ccc3c(c1-2)-c1cc2c4cnccc4n4c5cccnc5nc4c2cc1C3. The first-order valence-electron chi connectivity index (χ1n) is 48.2. The molecule has 0 unspecified atom stereocenters. The normalized spacial score (nSPS) is 13.5. The van der Waals surface area contributed by atoms with Crippen molar-refractivity contribution in [2.75, 3.05) is 0 Å². The van der Waals surface area contributed by atoms with Gasteiger partial charge in [0.25, 0.3) is 0 Å². The second kappa shape index (κ2) is 27.7. The summed E-state index contributed by atoms with van der Waals surface area (Å²) in [5.41, 5.74) is 60.5. The van der Waals surface area contributed by atoms with Crippen molar-refractivity contribution < 1.29 is 0 Å². The third kappa shape index (κ3) is 10.3. The molecule has 16 nitrogen and oxygen atoms in total. The Morgan fingerprint density at radius 1 is 0.164 bits per heavy atom. The standard InChI is InChI=1S/4C31H18N4/c1-2-5-20-17(4-1)13-24-21(20)8-7-18-12-19-14-25-23(15-22(19)29(18)24)26-16-32-11-9-27(26)35-28-6-3-10-33-30(28)34-31(25)35;1-2-5-19-17(4-1)12-23-20(19)7-8-21-22-15-25-26(14-18(22)13-24(21)23)31-34-30-29(6-3-10-33-30)35(31)28-9-11-32-16-27(25)28;1-2-5-21-17(4-1)12-18-7-8-19-13-20-14-24-23(15-22(20)29(19)28(18)21)25-16-32-11-9-26(25)35-27-6-3-10-33-30(27)34-31(24)35;1-2-5-21-17(4-1)10-18-11-19-12-20-13-26-25(15-24(20)23(19)14-22(18)21)27-16-32-9-7-28(27)35-29-6-3-8-33-30(29)34-31(26)35/h3*1-11,14-16H,12-13H2;1-9,11,13-16H,10,12H2. The average Bonchev–Trinajstić information content (AvgIpc) is 1.56. The fourth-order valence-electron chi connectivity index (χ4n) is 25.9. The Kier molecular flexibility index (Phi) is 14.9. The Balaban J connectivity index is 0.0000000829. The van der Waals surface area contributed by atoms with Crippen LogP contribution >= 0.6 is 0 Å². The van der Waals surface area contributed by atoms with Gasteiger partial charge in [-0.3, -0.25) is 37.5 Å². The Hall–Kier alpha value is -18.3. The van der Waals surface area contributed by atoms with Crippen LogP contribution in [-0.4, -0.2) is 77.4 Å². The van der Waals surface area contributed by atoms with Gasteiger partial charge in [-0.25, -0.2) is 39.9 Å². The second-order valence-corrected chi connectivity index (χ2v) is 38.8. The molecule has 0 spiro atoms. The smallest absolute Gasteiger partial charge is 0.178 e. The second-order valence-electron chi connectivity index (χ2n) is 38.8. The summed E-state index contributed by atoms with van der Waals surface area (Å²) in [5, 5.41) is 14.0. The molecule has 0 fully saturated rings. The molecule has 28 aromatic rings. The number of benzene rings is 12.